The first-order valence-electron chi connectivity index (χ1n) is 8.37. The third kappa shape index (κ3) is 7.97. The van der Waals surface area contributed by atoms with Crippen molar-refractivity contribution in [3.8, 4) is 5.75 Å². The Morgan fingerprint density at radius 1 is 1.17 bits per heavy atom. The van der Waals surface area contributed by atoms with Crippen LogP contribution in [0, 0.1) is 0 Å². The molecule has 13 heteroatoms. The van der Waals surface area contributed by atoms with Gasteiger partial charge in [0.2, 0.25) is 27.0 Å². The molecule has 2 amide bonds. The predicted molar refractivity (Wildman–Crippen MR) is 113 cm³/mol. The summed E-state index contributed by atoms with van der Waals surface area (Å²) >= 11 is 2.27. The van der Waals surface area contributed by atoms with Crippen molar-refractivity contribution in [2.45, 2.75) is 11.3 Å². The van der Waals surface area contributed by atoms with Gasteiger partial charge in [0.05, 0.1) is 25.2 Å². The summed E-state index contributed by atoms with van der Waals surface area (Å²) in [6, 6.07) is 7.04. The zero-order valence-electron chi connectivity index (χ0n) is 16.0. The molecule has 0 radical (unpaired) electrons. The van der Waals surface area contributed by atoms with Crippen LogP contribution in [0.5, 0.6) is 5.75 Å². The molecule has 0 aliphatic heterocycles. The van der Waals surface area contributed by atoms with E-state index in [2.05, 4.69) is 20.8 Å². The summed E-state index contributed by atoms with van der Waals surface area (Å²) in [5.74, 6) is 0.103. The minimum atomic E-state index is -3.45. The molecule has 2 N–H and O–H groups in total. The Hall–Kier alpha value is -2.22. The average molecular weight is 460 g/mol. The number of hydrogen-bond donors (Lipinski definition) is 2. The molecular weight excluding hydrogens is 438 g/mol. The first-order valence-corrected chi connectivity index (χ1v) is 12.0. The zero-order chi connectivity index (χ0) is 21.4. The van der Waals surface area contributed by atoms with Crippen LogP contribution in [-0.4, -0.2) is 66.9 Å². The van der Waals surface area contributed by atoms with Crippen molar-refractivity contribution < 1.29 is 22.7 Å². The molecule has 0 bridgehead atoms. The molecule has 1 heterocycles. The minimum Gasteiger partial charge on any atom is -0.494 e. The maximum atomic E-state index is 12.1. The van der Waals surface area contributed by atoms with E-state index in [1.807, 2.05) is 6.92 Å². The SMILES string of the molecule is CCOc1ccc(NC(=O)CSc2nnc(NC(=O)CN(C)S(C)(=O)=O)s2)cc1. The molecule has 158 valence electrons. The van der Waals surface area contributed by atoms with Crippen molar-refractivity contribution in [2.75, 3.05) is 42.8 Å². The van der Waals surface area contributed by atoms with E-state index in [0.29, 0.717) is 16.6 Å². The lowest BCUT2D eigenvalue weighted by Gasteiger charge is -2.12. The van der Waals surface area contributed by atoms with E-state index in [-0.39, 0.29) is 23.3 Å². The van der Waals surface area contributed by atoms with Crippen molar-refractivity contribution in [3.63, 3.8) is 0 Å². The van der Waals surface area contributed by atoms with Crippen molar-refractivity contribution >= 4 is 55.8 Å². The van der Waals surface area contributed by atoms with E-state index >= 15 is 0 Å². The molecule has 29 heavy (non-hydrogen) atoms. The summed E-state index contributed by atoms with van der Waals surface area (Å²) in [5, 5.41) is 13.2. The van der Waals surface area contributed by atoms with Crippen LogP contribution in [0.3, 0.4) is 0 Å². The molecule has 0 fully saturated rings. The molecule has 1 aromatic heterocycles. The third-order valence-corrected chi connectivity index (χ3v) is 6.59. The van der Waals surface area contributed by atoms with Crippen molar-refractivity contribution in [2.24, 2.45) is 0 Å². The Kier molecular flexibility index (Phi) is 8.37. The molecule has 10 nitrogen and oxygen atoms in total. The second-order valence-corrected chi connectivity index (χ2v) is 10.0. The topological polar surface area (TPSA) is 131 Å². The Bertz CT molecular complexity index is 946. The number of carbonyl (C=O) groups excluding carboxylic acids is 2. The van der Waals surface area contributed by atoms with Crippen LogP contribution in [0.2, 0.25) is 0 Å². The number of likely N-dealkylation sites (N-methyl/N-ethyl adjacent to an activating group) is 1. The van der Waals surface area contributed by atoms with Crippen LogP contribution in [-0.2, 0) is 19.6 Å². The Morgan fingerprint density at radius 3 is 2.48 bits per heavy atom. The van der Waals surface area contributed by atoms with Crippen molar-refractivity contribution in [3.05, 3.63) is 24.3 Å². The number of thioether (sulfide) groups is 1. The quantitative estimate of drug-likeness (QED) is 0.404. The predicted octanol–water partition coefficient (Wildman–Crippen LogP) is 1.50. The van der Waals surface area contributed by atoms with Gasteiger partial charge in [-0.2, -0.15) is 4.31 Å². The number of anilines is 2. The molecule has 2 aromatic rings. The van der Waals surface area contributed by atoms with Gasteiger partial charge >= 0.3 is 0 Å². The summed E-state index contributed by atoms with van der Waals surface area (Å²) in [6.45, 7) is 2.14. The highest BCUT2D eigenvalue weighted by Crippen LogP contribution is 2.25. The van der Waals surface area contributed by atoms with E-state index in [1.165, 1.54) is 18.8 Å². The third-order valence-electron chi connectivity index (χ3n) is 3.36. The average Bonchev–Trinajstić information content (AvgIpc) is 3.08. The molecular formula is C16H21N5O5S3. The lowest BCUT2D eigenvalue weighted by Crippen LogP contribution is -2.34. The lowest BCUT2D eigenvalue weighted by atomic mass is 10.3. The largest absolute Gasteiger partial charge is 0.494 e. The van der Waals surface area contributed by atoms with Crippen LogP contribution in [0.25, 0.3) is 0 Å². The molecule has 0 spiro atoms. The number of aromatic nitrogens is 2. The van der Waals surface area contributed by atoms with Gasteiger partial charge < -0.3 is 10.1 Å². The van der Waals surface area contributed by atoms with Gasteiger partial charge in [0.1, 0.15) is 5.75 Å². The number of benzene rings is 1. The standard InChI is InChI=1S/C16H21N5O5S3/c1-4-26-12-7-5-11(6-8-12)17-14(23)10-27-16-20-19-15(28-16)18-13(22)9-21(2)29(3,24)25/h5-8H,4,9-10H2,1-3H3,(H,17,23)(H,18,19,22). The van der Waals surface area contributed by atoms with Crippen LogP contribution in [0.4, 0.5) is 10.8 Å². The van der Waals surface area contributed by atoms with Crippen molar-refractivity contribution in [1.82, 2.24) is 14.5 Å². The summed E-state index contributed by atoms with van der Waals surface area (Å²) in [4.78, 5) is 23.9. The number of nitrogens with one attached hydrogen (secondary N) is 2. The van der Waals surface area contributed by atoms with Gasteiger partial charge in [-0.1, -0.05) is 23.1 Å². The van der Waals surface area contributed by atoms with Gasteiger partial charge in [-0.05, 0) is 31.2 Å². The number of rotatable bonds is 10. The fourth-order valence-electron chi connectivity index (χ4n) is 1.92. The lowest BCUT2D eigenvalue weighted by molar-refractivity contribution is -0.116. The maximum Gasteiger partial charge on any atom is 0.241 e. The molecule has 0 saturated carbocycles. The molecule has 0 saturated heterocycles. The van der Waals surface area contributed by atoms with Gasteiger partial charge in [-0.25, -0.2) is 8.42 Å². The van der Waals surface area contributed by atoms with Gasteiger partial charge in [-0.3, -0.25) is 14.9 Å². The van der Waals surface area contributed by atoms with Crippen LogP contribution in [0.15, 0.2) is 28.6 Å². The second-order valence-electron chi connectivity index (χ2n) is 5.73. The van der Waals surface area contributed by atoms with Crippen LogP contribution in [0.1, 0.15) is 6.92 Å². The van der Waals surface area contributed by atoms with Crippen LogP contribution < -0.4 is 15.4 Å². The number of sulfonamides is 1. The molecule has 0 atom stereocenters. The van der Waals surface area contributed by atoms with E-state index in [0.717, 1.165) is 27.6 Å². The Labute approximate surface area is 177 Å². The summed E-state index contributed by atoms with van der Waals surface area (Å²) in [5.41, 5.74) is 0.652. The first kappa shape index (κ1) is 23.1. The number of hydrogen-bond acceptors (Lipinski definition) is 9. The summed E-state index contributed by atoms with van der Waals surface area (Å²) < 4.78 is 29.4. The van der Waals surface area contributed by atoms with Gasteiger partial charge in [0, 0.05) is 12.7 Å². The fraction of sp³-hybridized carbons (Fsp3) is 0.375. The summed E-state index contributed by atoms with van der Waals surface area (Å²) in [7, 11) is -2.15. The summed E-state index contributed by atoms with van der Waals surface area (Å²) in [6.07, 6.45) is 1.01. The highest BCUT2D eigenvalue weighted by molar-refractivity contribution is 8.01. The van der Waals surface area contributed by atoms with Gasteiger partial charge in [-0.15, -0.1) is 10.2 Å². The van der Waals surface area contributed by atoms with E-state index in [9.17, 15) is 18.0 Å². The van der Waals surface area contributed by atoms with Crippen LogP contribution >= 0.6 is 23.1 Å². The highest BCUT2D eigenvalue weighted by atomic mass is 32.2. The van der Waals surface area contributed by atoms with E-state index in [4.69, 9.17) is 4.74 Å². The molecule has 0 unspecified atom stereocenters. The zero-order valence-corrected chi connectivity index (χ0v) is 18.5. The van der Waals surface area contributed by atoms with Gasteiger partial charge in [0.25, 0.3) is 0 Å². The first-order chi connectivity index (χ1) is 13.7. The maximum absolute atomic E-state index is 12.1. The molecule has 0 aliphatic rings. The number of amides is 2. The fourth-order valence-corrected chi connectivity index (χ4v) is 3.84. The number of carbonyl (C=O) groups is 2. The second kappa shape index (κ2) is 10.5. The molecule has 1 aromatic carbocycles. The molecule has 2 rings (SSSR count). The highest BCUT2D eigenvalue weighted by Gasteiger charge is 2.17. The monoisotopic (exact) mass is 459 g/mol. The van der Waals surface area contributed by atoms with E-state index < -0.39 is 15.9 Å². The molecule has 0 aliphatic carbocycles. The Balaban J connectivity index is 1.79. The smallest absolute Gasteiger partial charge is 0.241 e. The normalized spacial score (nSPS) is 11.3. The number of ether oxygens (including phenoxy) is 1. The van der Waals surface area contributed by atoms with Gasteiger partial charge in [0.15, 0.2) is 4.34 Å². The van der Waals surface area contributed by atoms with Crippen molar-refractivity contribution in [1.29, 1.82) is 0 Å². The Morgan fingerprint density at radius 2 is 1.86 bits per heavy atom. The minimum absolute atomic E-state index is 0.118. The van der Waals surface area contributed by atoms with E-state index in [1.54, 1.807) is 24.3 Å². The number of nitrogens with zero attached hydrogens (tertiary/aromatic N) is 3.